The van der Waals surface area contributed by atoms with E-state index in [0.29, 0.717) is 22.7 Å². The van der Waals surface area contributed by atoms with Gasteiger partial charge in [-0.1, -0.05) is 28.1 Å². The molecule has 0 heterocycles. The molecule has 1 aromatic rings. The van der Waals surface area contributed by atoms with Crippen molar-refractivity contribution in [1.29, 1.82) is 0 Å². The molecule has 0 unspecified atom stereocenters. The molecule has 0 amide bonds. The number of carbonyl (C=O) groups is 1. The van der Waals surface area contributed by atoms with Crippen LogP contribution in [0.3, 0.4) is 0 Å². The Balaban J connectivity index is 3.08. The van der Waals surface area contributed by atoms with E-state index in [1.165, 1.54) is 18.2 Å². The van der Waals surface area contributed by atoms with Crippen molar-refractivity contribution in [2.75, 3.05) is 5.33 Å². The molecule has 68 valence electrons. The first-order chi connectivity index (χ1) is 6.27. The van der Waals surface area contributed by atoms with Gasteiger partial charge in [0.25, 0.3) is 0 Å². The lowest BCUT2D eigenvalue weighted by Crippen LogP contribution is -1.87. The highest BCUT2D eigenvalue weighted by Crippen LogP contribution is 2.11. The van der Waals surface area contributed by atoms with Crippen LogP contribution in [-0.4, -0.2) is 11.6 Å². The summed E-state index contributed by atoms with van der Waals surface area (Å²) >= 11 is 3.20. The van der Waals surface area contributed by atoms with E-state index in [4.69, 9.17) is 0 Å². The lowest BCUT2D eigenvalue weighted by molar-refractivity contribution is 0.112. The van der Waals surface area contributed by atoms with Crippen LogP contribution < -0.4 is 0 Å². The fourth-order valence-corrected chi connectivity index (χ4v) is 1.16. The molecule has 1 rings (SSSR count). The van der Waals surface area contributed by atoms with Crippen LogP contribution in [0.4, 0.5) is 4.39 Å². The summed E-state index contributed by atoms with van der Waals surface area (Å²) < 4.78 is 12.7. The van der Waals surface area contributed by atoms with Gasteiger partial charge in [-0.25, -0.2) is 4.39 Å². The second kappa shape index (κ2) is 4.92. The fraction of sp³-hybridized carbons (Fsp3) is 0.100. The van der Waals surface area contributed by atoms with Crippen LogP contribution in [0.15, 0.2) is 24.3 Å². The molecule has 0 radical (unpaired) electrons. The Bertz CT molecular complexity index is 334. The van der Waals surface area contributed by atoms with E-state index < -0.39 is 0 Å². The van der Waals surface area contributed by atoms with Crippen LogP contribution in [0.5, 0.6) is 0 Å². The fourth-order valence-electron chi connectivity index (χ4n) is 0.969. The van der Waals surface area contributed by atoms with Crippen molar-refractivity contribution in [3.8, 4) is 0 Å². The van der Waals surface area contributed by atoms with Crippen LogP contribution in [0.25, 0.3) is 6.08 Å². The van der Waals surface area contributed by atoms with Gasteiger partial charge in [0.15, 0.2) is 6.29 Å². The summed E-state index contributed by atoms with van der Waals surface area (Å²) in [6.45, 7) is 0. The van der Waals surface area contributed by atoms with E-state index in [1.807, 2.05) is 6.08 Å². The molecular weight excluding hydrogens is 235 g/mol. The number of rotatable bonds is 3. The smallest absolute Gasteiger partial charge is 0.150 e. The van der Waals surface area contributed by atoms with Gasteiger partial charge in [0, 0.05) is 10.9 Å². The SMILES string of the molecule is O=Cc1ccc(F)cc1C=CCBr. The molecule has 0 aliphatic rings. The van der Waals surface area contributed by atoms with E-state index in [0.717, 1.165) is 0 Å². The van der Waals surface area contributed by atoms with E-state index in [2.05, 4.69) is 15.9 Å². The van der Waals surface area contributed by atoms with Crippen molar-refractivity contribution < 1.29 is 9.18 Å². The third-order valence-electron chi connectivity index (χ3n) is 1.56. The maximum atomic E-state index is 12.7. The van der Waals surface area contributed by atoms with Gasteiger partial charge < -0.3 is 0 Å². The molecule has 0 bridgehead atoms. The third kappa shape index (κ3) is 2.77. The summed E-state index contributed by atoms with van der Waals surface area (Å²) in [6, 6.07) is 4.08. The van der Waals surface area contributed by atoms with E-state index in [9.17, 15) is 9.18 Å². The molecule has 0 fully saturated rings. The van der Waals surface area contributed by atoms with Crippen molar-refractivity contribution in [1.82, 2.24) is 0 Å². The van der Waals surface area contributed by atoms with E-state index >= 15 is 0 Å². The van der Waals surface area contributed by atoms with Gasteiger partial charge >= 0.3 is 0 Å². The zero-order valence-electron chi connectivity index (χ0n) is 6.84. The summed E-state index contributed by atoms with van der Waals surface area (Å²) in [5.41, 5.74) is 1.10. The number of allylic oxidation sites excluding steroid dienone is 1. The number of aldehydes is 1. The maximum absolute atomic E-state index is 12.7. The molecule has 13 heavy (non-hydrogen) atoms. The number of alkyl halides is 1. The van der Waals surface area contributed by atoms with Crippen molar-refractivity contribution >= 4 is 28.3 Å². The number of benzene rings is 1. The largest absolute Gasteiger partial charge is 0.298 e. The maximum Gasteiger partial charge on any atom is 0.150 e. The normalized spacial score (nSPS) is 10.6. The monoisotopic (exact) mass is 242 g/mol. The first kappa shape index (κ1) is 10.1. The van der Waals surface area contributed by atoms with Gasteiger partial charge in [-0.3, -0.25) is 4.79 Å². The second-order valence-corrected chi connectivity index (χ2v) is 3.10. The van der Waals surface area contributed by atoms with Crippen molar-refractivity contribution in [2.24, 2.45) is 0 Å². The molecule has 1 aromatic carbocycles. The average Bonchev–Trinajstić information content (AvgIpc) is 2.15. The van der Waals surface area contributed by atoms with Crippen molar-refractivity contribution in [2.45, 2.75) is 0 Å². The first-order valence-electron chi connectivity index (χ1n) is 3.75. The minimum Gasteiger partial charge on any atom is -0.298 e. The van der Waals surface area contributed by atoms with Crippen LogP contribution in [0.1, 0.15) is 15.9 Å². The first-order valence-corrected chi connectivity index (χ1v) is 4.87. The Hall–Kier alpha value is -0.960. The lowest BCUT2D eigenvalue weighted by atomic mass is 10.1. The Morgan fingerprint density at radius 3 is 2.77 bits per heavy atom. The van der Waals surface area contributed by atoms with Gasteiger partial charge in [-0.15, -0.1) is 0 Å². The molecule has 0 N–H and O–H groups in total. The van der Waals surface area contributed by atoms with Gasteiger partial charge in [0.2, 0.25) is 0 Å². The highest BCUT2D eigenvalue weighted by molar-refractivity contribution is 9.09. The molecule has 0 spiro atoms. The van der Waals surface area contributed by atoms with Crippen LogP contribution in [0, 0.1) is 5.82 Å². The summed E-state index contributed by atoms with van der Waals surface area (Å²) in [6.07, 6.45) is 4.23. The minimum absolute atomic E-state index is 0.333. The molecule has 0 aliphatic carbocycles. The molecule has 1 nitrogen and oxygen atoms in total. The van der Waals surface area contributed by atoms with Crippen LogP contribution in [-0.2, 0) is 0 Å². The quantitative estimate of drug-likeness (QED) is 0.589. The van der Waals surface area contributed by atoms with E-state index in [-0.39, 0.29) is 5.82 Å². The topological polar surface area (TPSA) is 17.1 Å². The predicted octanol–water partition coefficient (Wildman–Crippen LogP) is 3.05. The highest BCUT2D eigenvalue weighted by Gasteiger charge is 1.99. The van der Waals surface area contributed by atoms with E-state index in [1.54, 1.807) is 6.08 Å². The number of halogens is 2. The third-order valence-corrected chi connectivity index (χ3v) is 1.94. The Kier molecular flexibility index (Phi) is 3.83. The summed E-state index contributed by atoms with van der Waals surface area (Å²) in [5, 5.41) is 0.682. The number of carbonyl (C=O) groups excluding carboxylic acids is 1. The number of hydrogen-bond acceptors (Lipinski definition) is 1. The van der Waals surface area contributed by atoms with Crippen molar-refractivity contribution in [3.05, 3.63) is 41.2 Å². The van der Waals surface area contributed by atoms with Crippen molar-refractivity contribution in [3.63, 3.8) is 0 Å². The molecule has 0 saturated heterocycles. The van der Waals surface area contributed by atoms with Gasteiger partial charge in [0.05, 0.1) is 0 Å². The van der Waals surface area contributed by atoms with Gasteiger partial charge in [0.1, 0.15) is 5.82 Å². The minimum atomic E-state index is -0.333. The number of hydrogen-bond donors (Lipinski definition) is 0. The van der Waals surface area contributed by atoms with Gasteiger partial charge in [-0.2, -0.15) is 0 Å². The Morgan fingerprint density at radius 2 is 2.15 bits per heavy atom. The average molecular weight is 243 g/mol. The Labute approximate surface area is 84.4 Å². The zero-order chi connectivity index (χ0) is 9.68. The molecule has 0 aromatic heterocycles. The Morgan fingerprint density at radius 1 is 1.38 bits per heavy atom. The lowest BCUT2D eigenvalue weighted by Gasteiger charge is -1.97. The standard InChI is InChI=1S/C10H8BrFO/c11-5-1-2-8-6-10(12)4-3-9(8)7-13/h1-4,6-7H,5H2. The second-order valence-electron chi connectivity index (χ2n) is 2.45. The summed E-state index contributed by atoms with van der Waals surface area (Å²) in [4.78, 5) is 10.5. The molecule has 0 atom stereocenters. The zero-order valence-corrected chi connectivity index (χ0v) is 8.42. The predicted molar refractivity (Wildman–Crippen MR) is 54.6 cm³/mol. The molecule has 3 heteroatoms. The molecule has 0 aliphatic heterocycles. The highest BCUT2D eigenvalue weighted by atomic mass is 79.9. The molecular formula is C10H8BrFO. The molecule has 0 saturated carbocycles. The summed E-state index contributed by atoms with van der Waals surface area (Å²) in [5.74, 6) is -0.333. The van der Waals surface area contributed by atoms with Crippen LogP contribution >= 0.6 is 15.9 Å². The van der Waals surface area contributed by atoms with Crippen LogP contribution in [0.2, 0.25) is 0 Å². The van der Waals surface area contributed by atoms with Gasteiger partial charge in [-0.05, 0) is 23.8 Å². The summed E-state index contributed by atoms with van der Waals surface area (Å²) in [7, 11) is 0.